The predicted molar refractivity (Wildman–Crippen MR) is 125 cm³/mol. The maximum atomic E-state index is 12.6. The number of carbonyl (C=O) groups excluding carboxylic acids is 1. The molecule has 6 rings (SSSR count). The average molecular weight is 460 g/mol. The number of hydrogen-bond donors (Lipinski definition) is 2. The first-order valence-corrected chi connectivity index (χ1v) is 11.5. The standard InChI is InChI=1S/C24H22ClN7O/c25-17-3-1-2-15(8-17)19-9-20(19)22(33)30-24-28-13-27-23(31-24)26-10-18-12-32-11-16(14-4-5-14)6-7-21(32)29-18/h1-3,6-8,11-14,19-20H,4-5,9-10H2,(H2,26,27,28,30,31,33). The van der Waals surface area contributed by atoms with Crippen LogP contribution in [0, 0.1) is 5.92 Å². The van der Waals surface area contributed by atoms with Gasteiger partial charge >= 0.3 is 0 Å². The molecule has 2 unspecified atom stereocenters. The number of nitrogens with one attached hydrogen (secondary N) is 2. The van der Waals surface area contributed by atoms with Crippen LogP contribution < -0.4 is 10.6 Å². The molecule has 1 amide bonds. The molecule has 2 fully saturated rings. The van der Waals surface area contributed by atoms with Crippen molar-refractivity contribution in [2.75, 3.05) is 10.6 Å². The largest absolute Gasteiger partial charge is 0.348 e. The van der Waals surface area contributed by atoms with Crippen LogP contribution in [-0.2, 0) is 11.3 Å². The summed E-state index contributed by atoms with van der Waals surface area (Å²) in [5, 5.41) is 6.66. The van der Waals surface area contributed by atoms with E-state index in [-0.39, 0.29) is 23.7 Å². The number of amides is 1. The van der Waals surface area contributed by atoms with Gasteiger partial charge in [0.05, 0.1) is 12.2 Å². The molecule has 2 aliphatic rings. The third kappa shape index (κ3) is 4.39. The summed E-state index contributed by atoms with van der Waals surface area (Å²) in [6, 6.07) is 11.9. The Morgan fingerprint density at radius 2 is 1.94 bits per heavy atom. The molecule has 2 aliphatic carbocycles. The van der Waals surface area contributed by atoms with Gasteiger partial charge in [-0.1, -0.05) is 29.8 Å². The molecule has 2 N–H and O–H groups in total. The molecular formula is C24H22ClN7O. The summed E-state index contributed by atoms with van der Waals surface area (Å²) in [6.45, 7) is 0.470. The highest BCUT2D eigenvalue weighted by atomic mass is 35.5. The van der Waals surface area contributed by atoms with E-state index in [9.17, 15) is 4.79 Å². The highest BCUT2D eigenvalue weighted by molar-refractivity contribution is 6.30. The first kappa shape index (κ1) is 20.1. The SMILES string of the molecule is O=C(Nc1ncnc(NCc2cn3cc(C4CC4)ccc3n2)n1)C1CC1c1cccc(Cl)c1. The number of rotatable bonds is 7. The van der Waals surface area contributed by atoms with Crippen molar-refractivity contribution in [2.45, 2.75) is 37.6 Å². The minimum atomic E-state index is -0.102. The first-order chi connectivity index (χ1) is 16.1. The molecule has 166 valence electrons. The van der Waals surface area contributed by atoms with E-state index in [0.717, 1.165) is 23.3 Å². The Morgan fingerprint density at radius 1 is 1.06 bits per heavy atom. The fraction of sp³-hybridized carbons (Fsp3) is 0.292. The van der Waals surface area contributed by atoms with Gasteiger partial charge in [-0.25, -0.2) is 15.0 Å². The third-order valence-corrected chi connectivity index (χ3v) is 6.45. The number of imidazole rings is 1. The number of benzene rings is 1. The summed E-state index contributed by atoms with van der Waals surface area (Å²) in [5.41, 5.74) is 4.25. The monoisotopic (exact) mass is 459 g/mol. The number of carbonyl (C=O) groups is 1. The van der Waals surface area contributed by atoms with Gasteiger partial charge in [0.2, 0.25) is 17.8 Å². The van der Waals surface area contributed by atoms with Crippen molar-refractivity contribution in [3.05, 3.63) is 77.0 Å². The molecule has 0 radical (unpaired) electrons. The number of halogens is 1. The van der Waals surface area contributed by atoms with Crippen LogP contribution >= 0.6 is 11.6 Å². The van der Waals surface area contributed by atoms with E-state index in [0.29, 0.717) is 23.4 Å². The van der Waals surface area contributed by atoms with Gasteiger partial charge in [0.1, 0.15) is 12.0 Å². The van der Waals surface area contributed by atoms with Gasteiger partial charge in [-0.15, -0.1) is 0 Å². The molecule has 4 aromatic rings. The molecule has 3 heterocycles. The molecule has 1 aromatic carbocycles. The van der Waals surface area contributed by atoms with E-state index in [2.05, 4.69) is 53.3 Å². The van der Waals surface area contributed by atoms with Crippen molar-refractivity contribution in [1.82, 2.24) is 24.3 Å². The molecule has 9 heteroatoms. The Labute approximate surface area is 195 Å². The zero-order chi connectivity index (χ0) is 22.4. The molecule has 2 saturated carbocycles. The number of anilines is 2. The van der Waals surface area contributed by atoms with Crippen LogP contribution in [0.25, 0.3) is 5.65 Å². The maximum Gasteiger partial charge on any atom is 0.234 e. The summed E-state index contributed by atoms with van der Waals surface area (Å²) in [6.07, 6.45) is 8.90. The number of pyridine rings is 1. The summed E-state index contributed by atoms with van der Waals surface area (Å²) in [5.74, 6) is 1.31. The first-order valence-electron chi connectivity index (χ1n) is 11.1. The Hall–Kier alpha value is -3.52. The van der Waals surface area contributed by atoms with Crippen LogP contribution in [0.15, 0.2) is 55.1 Å². The Balaban J connectivity index is 1.08. The molecule has 0 bridgehead atoms. The minimum absolute atomic E-state index is 0.0936. The molecule has 8 nitrogen and oxygen atoms in total. The number of hydrogen-bond acceptors (Lipinski definition) is 6. The smallest absolute Gasteiger partial charge is 0.234 e. The van der Waals surface area contributed by atoms with E-state index in [1.165, 1.54) is 24.7 Å². The topological polar surface area (TPSA) is 97.1 Å². The van der Waals surface area contributed by atoms with Crippen molar-refractivity contribution in [3.8, 4) is 0 Å². The van der Waals surface area contributed by atoms with Crippen molar-refractivity contribution in [3.63, 3.8) is 0 Å². The normalized spacial score (nSPS) is 19.4. The second kappa shape index (κ2) is 8.12. The summed E-state index contributed by atoms with van der Waals surface area (Å²) >= 11 is 6.07. The quantitative estimate of drug-likeness (QED) is 0.425. The Kier molecular flexibility index (Phi) is 4.95. The van der Waals surface area contributed by atoms with E-state index in [4.69, 9.17) is 11.6 Å². The van der Waals surface area contributed by atoms with E-state index in [1.54, 1.807) is 0 Å². The van der Waals surface area contributed by atoms with Gasteiger partial charge in [-0.2, -0.15) is 4.98 Å². The molecule has 0 spiro atoms. The van der Waals surface area contributed by atoms with Crippen LogP contribution in [0.2, 0.25) is 5.02 Å². The zero-order valence-electron chi connectivity index (χ0n) is 17.8. The number of fused-ring (bicyclic) bond motifs is 1. The van der Waals surface area contributed by atoms with Crippen LogP contribution in [0.4, 0.5) is 11.9 Å². The fourth-order valence-electron chi connectivity index (χ4n) is 4.21. The highest BCUT2D eigenvalue weighted by Crippen LogP contribution is 2.48. The van der Waals surface area contributed by atoms with Crippen molar-refractivity contribution in [2.24, 2.45) is 5.92 Å². The molecule has 2 atom stereocenters. The van der Waals surface area contributed by atoms with E-state index in [1.807, 2.05) is 30.5 Å². The maximum absolute atomic E-state index is 12.6. The minimum Gasteiger partial charge on any atom is -0.348 e. The molecule has 0 saturated heterocycles. The fourth-order valence-corrected chi connectivity index (χ4v) is 4.41. The summed E-state index contributed by atoms with van der Waals surface area (Å²) in [7, 11) is 0. The zero-order valence-corrected chi connectivity index (χ0v) is 18.5. The van der Waals surface area contributed by atoms with Gasteiger partial charge < -0.3 is 9.72 Å². The van der Waals surface area contributed by atoms with Gasteiger partial charge in [-0.3, -0.25) is 10.1 Å². The van der Waals surface area contributed by atoms with Crippen molar-refractivity contribution >= 4 is 35.1 Å². The lowest BCUT2D eigenvalue weighted by Crippen LogP contribution is -2.17. The van der Waals surface area contributed by atoms with Gasteiger partial charge in [0, 0.05) is 23.3 Å². The van der Waals surface area contributed by atoms with Gasteiger partial charge in [0.25, 0.3) is 0 Å². The molecule has 33 heavy (non-hydrogen) atoms. The average Bonchev–Trinajstić information content (AvgIpc) is 3.74. The van der Waals surface area contributed by atoms with Crippen LogP contribution in [0.5, 0.6) is 0 Å². The predicted octanol–water partition coefficient (Wildman–Crippen LogP) is 4.40. The van der Waals surface area contributed by atoms with Crippen molar-refractivity contribution < 1.29 is 4.79 Å². The Morgan fingerprint density at radius 3 is 2.79 bits per heavy atom. The van der Waals surface area contributed by atoms with Gasteiger partial charge in [-0.05, 0) is 60.4 Å². The lowest BCUT2D eigenvalue weighted by atomic mass is 10.1. The van der Waals surface area contributed by atoms with E-state index >= 15 is 0 Å². The lowest BCUT2D eigenvalue weighted by molar-refractivity contribution is -0.117. The summed E-state index contributed by atoms with van der Waals surface area (Å²) in [4.78, 5) is 29.9. The second-order valence-corrected chi connectivity index (χ2v) is 9.15. The van der Waals surface area contributed by atoms with Gasteiger partial charge in [0.15, 0.2) is 0 Å². The van der Waals surface area contributed by atoms with Crippen LogP contribution in [0.3, 0.4) is 0 Å². The summed E-state index contributed by atoms with van der Waals surface area (Å²) < 4.78 is 2.07. The van der Waals surface area contributed by atoms with Crippen LogP contribution in [0.1, 0.15) is 47.9 Å². The third-order valence-electron chi connectivity index (χ3n) is 6.21. The molecule has 3 aromatic heterocycles. The Bertz CT molecular complexity index is 1350. The number of nitrogens with zero attached hydrogens (tertiary/aromatic N) is 5. The molecule has 0 aliphatic heterocycles. The highest BCUT2D eigenvalue weighted by Gasteiger charge is 2.44. The number of aromatic nitrogens is 5. The molecular weight excluding hydrogens is 438 g/mol. The van der Waals surface area contributed by atoms with E-state index < -0.39 is 0 Å². The lowest BCUT2D eigenvalue weighted by Gasteiger charge is -2.06. The van der Waals surface area contributed by atoms with Crippen molar-refractivity contribution in [1.29, 1.82) is 0 Å². The second-order valence-electron chi connectivity index (χ2n) is 8.71. The van der Waals surface area contributed by atoms with Crippen LogP contribution in [-0.4, -0.2) is 30.2 Å².